The molecule has 1 fully saturated rings. The van der Waals surface area contributed by atoms with Crippen LogP contribution in [0.1, 0.15) is 44.6 Å². The van der Waals surface area contributed by atoms with E-state index in [1.165, 1.54) is 31.2 Å². The minimum Gasteiger partial charge on any atom is -0.377 e. The fraction of sp³-hybridized carbons (Fsp3) is 0.588. The van der Waals surface area contributed by atoms with Crippen LogP contribution in [0.4, 0.5) is 0 Å². The molecule has 1 atom stereocenters. The lowest BCUT2D eigenvalue weighted by Crippen LogP contribution is -2.21. The number of ether oxygens (including phenoxy) is 1. The van der Waals surface area contributed by atoms with Gasteiger partial charge in [-0.15, -0.1) is 5.10 Å². The van der Waals surface area contributed by atoms with Gasteiger partial charge in [-0.1, -0.05) is 37.2 Å². The Kier molecular flexibility index (Phi) is 6.05. The average Bonchev–Trinajstić information content (AvgIpc) is 3.08. The van der Waals surface area contributed by atoms with Gasteiger partial charge in [-0.2, -0.15) is 4.68 Å². The molecule has 2 heterocycles. The van der Waals surface area contributed by atoms with Crippen molar-refractivity contribution in [2.75, 3.05) is 12.4 Å². The van der Waals surface area contributed by atoms with Gasteiger partial charge in [-0.25, -0.2) is 0 Å². The molecule has 1 aliphatic heterocycles. The van der Waals surface area contributed by atoms with Crippen molar-refractivity contribution < 1.29 is 4.74 Å². The largest absolute Gasteiger partial charge is 0.377 e. The molecule has 0 amide bonds. The Morgan fingerprint density at radius 1 is 1.26 bits per heavy atom. The third-order valence-electron chi connectivity index (χ3n) is 4.11. The van der Waals surface area contributed by atoms with Crippen LogP contribution in [0.2, 0.25) is 0 Å². The summed E-state index contributed by atoms with van der Waals surface area (Å²) in [7, 11) is 0. The van der Waals surface area contributed by atoms with Crippen molar-refractivity contribution >= 4 is 11.8 Å². The maximum atomic E-state index is 5.78. The van der Waals surface area contributed by atoms with Gasteiger partial charge in [-0.3, -0.25) is 0 Å². The van der Waals surface area contributed by atoms with E-state index in [0.29, 0.717) is 6.10 Å². The van der Waals surface area contributed by atoms with Gasteiger partial charge in [0.15, 0.2) is 0 Å². The monoisotopic (exact) mass is 332 g/mol. The highest BCUT2D eigenvalue weighted by molar-refractivity contribution is 7.99. The second kappa shape index (κ2) is 8.45. The molecule has 1 aromatic carbocycles. The molecular formula is C17H24N4OS. The van der Waals surface area contributed by atoms with E-state index in [1.807, 2.05) is 4.68 Å². The van der Waals surface area contributed by atoms with E-state index in [9.17, 15) is 0 Å². The Morgan fingerprint density at radius 2 is 2.13 bits per heavy atom. The van der Waals surface area contributed by atoms with E-state index in [4.69, 9.17) is 4.74 Å². The molecule has 3 rings (SSSR count). The first-order valence-electron chi connectivity index (χ1n) is 8.49. The highest BCUT2D eigenvalue weighted by Gasteiger charge is 2.16. The van der Waals surface area contributed by atoms with Gasteiger partial charge in [0.1, 0.15) is 0 Å². The van der Waals surface area contributed by atoms with Crippen molar-refractivity contribution in [2.24, 2.45) is 0 Å². The molecule has 2 aromatic rings. The van der Waals surface area contributed by atoms with E-state index in [-0.39, 0.29) is 0 Å². The van der Waals surface area contributed by atoms with Gasteiger partial charge in [0, 0.05) is 12.4 Å². The highest BCUT2D eigenvalue weighted by atomic mass is 32.2. The van der Waals surface area contributed by atoms with Crippen LogP contribution in [0.5, 0.6) is 0 Å². The molecule has 0 bridgehead atoms. The standard InChI is InChI=1S/C17H24N4OS/c1-2-3-6-14-8-10-15(11-9-14)21-17(18-19-20-21)23-13-16-7-4-5-12-22-16/h8-11,16H,2-7,12-13H2,1H3/t16-/m1/s1. The molecule has 0 radical (unpaired) electrons. The number of tetrazole rings is 1. The smallest absolute Gasteiger partial charge is 0.214 e. The summed E-state index contributed by atoms with van der Waals surface area (Å²) >= 11 is 1.68. The van der Waals surface area contributed by atoms with Crippen LogP contribution < -0.4 is 0 Å². The quantitative estimate of drug-likeness (QED) is 0.724. The molecule has 124 valence electrons. The van der Waals surface area contributed by atoms with E-state index in [1.54, 1.807) is 11.8 Å². The number of aromatic nitrogens is 4. The number of hydrogen-bond acceptors (Lipinski definition) is 5. The van der Waals surface area contributed by atoms with Gasteiger partial charge in [0.05, 0.1) is 11.8 Å². The number of aryl methyl sites for hydroxylation is 1. The van der Waals surface area contributed by atoms with Gasteiger partial charge >= 0.3 is 0 Å². The molecule has 23 heavy (non-hydrogen) atoms. The molecule has 1 aromatic heterocycles. The number of rotatable bonds is 7. The minimum absolute atomic E-state index is 0.329. The molecular weight excluding hydrogens is 308 g/mol. The summed E-state index contributed by atoms with van der Waals surface area (Å²) in [4.78, 5) is 0. The Labute approximate surface area is 141 Å². The zero-order valence-corrected chi connectivity index (χ0v) is 14.5. The maximum absolute atomic E-state index is 5.78. The number of unbranched alkanes of at least 4 members (excludes halogenated alkanes) is 1. The summed E-state index contributed by atoms with van der Waals surface area (Å²) < 4.78 is 7.59. The fourth-order valence-electron chi connectivity index (χ4n) is 2.72. The Bertz CT molecular complexity index is 593. The number of benzene rings is 1. The van der Waals surface area contributed by atoms with Crippen molar-refractivity contribution in [2.45, 2.75) is 56.7 Å². The molecule has 1 saturated heterocycles. The van der Waals surface area contributed by atoms with Crippen molar-refractivity contribution in [1.29, 1.82) is 0 Å². The molecule has 6 heteroatoms. The lowest BCUT2D eigenvalue weighted by Gasteiger charge is -2.21. The zero-order chi connectivity index (χ0) is 15.9. The molecule has 0 saturated carbocycles. The van der Waals surface area contributed by atoms with Crippen molar-refractivity contribution in [3.63, 3.8) is 0 Å². The summed E-state index contributed by atoms with van der Waals surface area (Å²) in [5.74, 6) is 0.912. The van der Waals surface area contributed by atoms with Crippen LogP contribution in [0.25, 0.3) is 5.69 Å². The van der Waals surface area contributed by atoms with Crippen LogP contribution in [0.3, 0.4) is 0 Å². The Balaban J connectivity index is 1.62. The second-order valence-electron chi connectivity index (χ2n) is 5.94. The summed E-state index contributed by atoms with van der Waals surface area (Å²) in [5.41, 5.74) is 2.38. The van der Waals surface area contributed by atoms with Gasteiger partial charge < -0.3 is 4.74 Å². The molecule has 0 spiro atoms. The van der Waals surface area contributed by atoms with Gasteiger partial charge in [0.2, 0.25) is 5.16 Å². The molecule has 1 aliphatic rings. The van der Waals surface area contributed by atoms with E-state index in [2.05, 4.69) is 46.7 Å². The van der Waals surface area contributed by atoms with E-state index in [0.717, 1.165) is 36.0 Å². The molecule has 5 nitrogen and oxygen atoms in total. The van der Waals surface area contributed by atoms with E-state index < -0.39 is 0 Å². The second-order valence-corrected chi connectivity index (χ2v) is 6.93. The van der Waals surface area contributed by atoms with Crippen LogP contribution in [-0.4, -0.2) is 38.7 Å². The normalized spacial score (nSPS) is 18.2. The average molecular weight is 332 g/mol. The van der Waals surface area contributed by atoms with Crippen LogP contribution in [0, 0.1) is 0 Å². The topological polar surface area (TPSA) is 52.8 Å². The number of thioether (sulfide) groups is 1. The zero-order valence-electron chi connectivity index (χ0n) is 13.6. The van der Waals surface area contributed by atoms with Crippen LogP contribution >= 0.6 is 11.8 Å². The Morgan fingerprint density at radius 3 is 2.87 bits per heavy atom. The third kappa shape index (κ3) is 4.54. The first kappa shape index (κ1) is 16.5. The predicted molar refractivity (Wildman–Crippen MR) is 92.1 cm³/mol. The highest BCUT2D eigenvalue weighted by Crippen LogP contribution is 2.23. The maximum Gasteiger partial charge on any atom is 0.214 e. The van der Waals surface area contributed by atoms with E-state index >= 15 is 0 Å². The van der Waals surface area contributed by atoms with Gasteiger partial charge in [0.25, 0.3) is 0 Å². The number of nitrogens with zero attached hydrogens (tertiary/aromatic N) is 4. The molecule has 0 unspecified atom stereocenters. The minimum atomic E-state index is 0.329. The third-order valence-corrected chi connectivity index (χ3v) is 5.16. The van der Waals surface area contributed by atoms with Crippen molar-refractivity contribution in [3.05, 3.63) is 29.8 Å². The van der Waals surface area contributed by atoms with Crippen molar-refractivity contribution in [1.82, 2.24) is 20.2 Å². The lowest BCUT2D eigenvalue weighted by molar-refractivity contribution is 0.0315. The Hall–Kier alpha value is -1.40. The first-order chi connectivity index (χ1) is 11.4. The van der Waals surface area contributed by atoms with Crippen LogP contribution in [0.15, 0.2) is 29.4 Å². The predicted octanol–water partition coefficient (Wildman–Crippen LogP) is 3.67. The first-order valence-corrected chi connectivity index (χ1v) is 9.47. The lowest BCUT2D eigenvalue weighted by atomic mass is 10.1. The number of hydrogen-bond donors (Lipinski definition) is 0. The summed E-state index contributed by atoms with van der Waals surface area (Å²) in [6.45, 7) is 3.10. The fourth-order valence-corrected chi connectivity index (χ4v) is 3.68. The van der Waals surface area contributed by atoms with Gasteiger partial charge in [-0.05, 0) is 60.2 Å². The summed E-state index contributed by atoms with van der Waals surface area (Å²) in [6.07, 6.45) is 7.49. The molecule has 0 N–H and O–H groups in total. The van der Waals surface area contributed by atoms with Crippen LogP contribution in [-0.2, 0) is 11.2 Å². The SMILES string of the molecule is CCCCc1ccc(-n2nnnc2SC[C@H]2CCCCO2)cc1. The van der Waals surface area contributed by atoms with Crippen molar-refractivity contribution in [3.8, 4) is 5.69 Å². The summed E-state index contributed by atoms with van der Waals surface area (Å²) in [6, 6.07) is 8.54. The summed E-state index contributed by atoms with van der Waals surface area (Å²) in [5, 5.41) is 13.0. The molecule has 0 aliphatic carbocycles.